The molecule has 0 bridgehead atoms. The molecule has 0 radical (unpaired) electrons. The standard InChI is InChI=1S/C22H36N2O3/c1-21-7-5-15(24-27-10-9-23)12-19(21)14(13-25)11-16-17-3-4-20(26)22(17,2)8-6-18(16)21/h14,16-19,25H,3-13,23H2,1-2H3/b24-15+/t14-,16+,17+,18+,19-,21-,22+/m1/s1. The number of nitrogens with two attached hydrogens (primary N) is 1. The van der Waals surface area contributed by atoms with Crippen molar-refractivity contribution in [1.82, 2.24) is 0 Å². The van der Waals surface area contributed by atoms with E-state index in [-0.39, 0.29) is 17.4 Å². The zero-order valence-electron chi connectivity index (χ0n) is 17.0. The fraction of sp³-hybridized carbons (Fsp3) is 0.909. The van der Waals surface area contributed by atoms with E-state index < -0.39 is 0 Å². The summed E-state index contributed by atoms with van der Waals surface area (Å²) in [5.41, 5.74) is 6.79. The molecule has 0 aromatic heterocycles. The lowest BCUT2D eigenvalue weighted by Gasteiger charge is -2.61. The Bertz CT molecular complexity index is 621. The third-order valence-corrected chi connectivity index (χ3v) is 9.03. The van der Waals surface area contributed by atoms with Gasteiger partial charge >= 0.3 is 0 Å². The maximum atomic E-state index is 12.6. The predicted molar refractivity (Wildman–Crippen MR) is 105 cm³/mol. The number of fused-ring (bicyclic) bond motifs is 5. The van der Waals surface area contributed by atoms with Gasteiger partial charge in [0.25, 0.3) is 0 Å². The second kappa shape index (κ2) is 7.14. The van der Waals surface area contributed by atoms with Crippen molar-refractivity contribution in [1.29, 1.82) is 0 Å². The SMILES string of the molecule is C[C@]12CC/C(=N\OCCN)C[C@@H]1[C@@H](CO)C[C@@H]1[C@@H]2CC[C@]2(C)C(=O)CC[C@@H]12. The Morgan fingerprint density at radius 2 is 2.00 bits per heavy atom. The molecule has 0 aromatic rings. The van der Waals surface area contributed by atoms with Gasteiger partial charge in [-0.2, -0.15) is 0 Å². The highest BCUT2D eigenvalue weighted by Crippen LogP contribution is 2.66. The first kappa shape index (κ1) is 19.4. The third kappa shape index (κ3) is 2.96. The van der Waals surface area contributed by atoms with Gasteiger partial charge in [-0.1, -0.05) is 19.0 Å². The highest BCUT2D eigenvalue weighted by Gasteiger charge is 2.61. The van der Waals surface area contributed by atoms with E-state index in [2.05, 4.69) is 19.0 Å². The Kier molecular flexibility index (Phi) is 5.13. The molecule has 0 heterocycles. The van der Waals surface area contributed by atoms with Crippen molar-refractivity contribution in [2.45, 2.75) is 65.2 Å². The molecule has 0 spiro atoms. The average molecular weight is 377 g/mol. The van der Waals surface area contributed by atoms with Gasteiger partial charge in [0, 0.05) is 25.0 Å². The molecule has 4 fully saturated rings. The lowest BCUT2D eigenvalue weighted by Crippen LogP contribution is -2.56. The van der Waals surface area contributed by atoms with E-state index in [1.807, 2.05) is 0 Å². The molecule has 3 N–H and O–H groups in total. The number of hydrogen-bond donors (Lipinski definition) is 2. The van der Waals surface area contributed by atoms with E-state index in [9.17, 15) is 9.90 Å². The van der Waals surface area contributed by atoms with Gasteiger partial charge in [0.2, 0.25) is 0 Å². The second-order valence-corrected chi connectivity index (χ2v) is 10.1. The van der Waals surface area contributed by atoms with Crippen LogP contribution in [0.25, 0.3) is 0 Å². The van der Waals surface area contributed by atoms with Gasteiger partial charge in [0.1, 0.15) is 12.4 Å². The van der Waals surface area contributed by atoms with Gasteiger partial charge in [0.05, 0.1) is 5.71 Å². The van der Waals surface area contributed by atoms with Gasteiger partial charge in [-0.25, -0.2) is 0 Å². The van der Waals surface area contributed by atoms with Crippen LogP contribution in [0.15, 0.2) is 5.16 Å². The van der Waals surface area contributed by atoms with Crippen LogP contribution in [0.2, 0.25) is 0 Å². The van der Waals surface area contributed by atoms with Crippen LogP contribution < -0.4 is 5.73 Å². The number of aliphatic hydroxyl groups excluding tert-OH is 1. The normalized spacial score (nSPS) is 48.1. The summed E-state index contributed by atoms with van der Waals surface area (Å²) in [5, 5.41) is 14.6. The van der Waals surface area contributed by atoms with Crippen LogP contribution in [-0.2, 0) is 9.63 Å². The molecule has 0 unspecified atom stereocenters. The van der Waals surface area contributed by atoms with Gasteiger partial charge in [-0.15, -0.1) is 0 Å². The molecule has 4 saturated carbocycles. The van der Waals surface area contributed by atoms with E-state index in [0.717, 1.165) is 50.7 Å². The lowest BCUT2D eigenvalue weighted by atomic mass is 9.43. The van der Waals surface area contributed by atoms with Gasteiger partial charge < -0.3 is 15.7 Å². The van der Waals surface area contributed by atoms with Crippen molar-refractivity contribution in [3.63, 3.8) is 0 Å². The zero-order chi connectivity index (χ0) is 19.2. The summed E-state index contributed by atoms with van der Waals surface area (Å²) in [7, 11) is 0. The molecular formula is C22H36N2O3. The molecule has 0 amide bonds. The van der Waals surface area contributed by atoms with Crippen LogP contribution in [0.4, 0.5) is 0 Å². The largest absolute Gasteiger partial charge is 0.396 e. The molecule has 4 aliphatic rings. The minimum absolute atomic E-state index is 0.0955. The summed E-state index contributed by atoms with van der Waals surface area (Å²) in [6.07, 6.45) is 8.19. The van der Waals surface area contributed by atoms with Gasteiger partial charge in [-0.05, 0) is 80.0 Å². The van der Waals surface area contributed by atoms with E-state index in [4.69, 9.17) is 10.6 Å². The van der Waals surface area contributed by atoms with Crippen molar-refractivity contribution in [3.8, 4) is 0 Å². The fourth-order valence-electron chi connectivity index (χ4n) is 7.55. The van der Waals surface area contributed by atoms with Crippen LogP contribution in [0.5, 0.6) is 0 Å². The van der Waals surface area contributed by atoms with Crippen LogP contribution >= 0.6 is 0 Å². The molecule has 4 rings (SSSR count). The van der Waals surface area contributed by atoms with E-state index in [1.165, 1.54) is 6.42 Å². The zero-order valence-corrected chi connectivity index (χ0v) is 17.0. The van der Waals surface area contributed by atoms with E-state index in [0.29, 0.717) is 48.5 Å². The number of nitrogens with zero attached hydrogens (tertiary/aromatic N) is 1. The number of aliphatic hydroxyl groups is 1. The van der Waals surface area contributed by atoms with Crippen molar-refractivity contribution in [2.75, 3.05) is 19.8 Å². The Hall–Kier alpha value is -0.940. The number of Topliss-reactive ketones (excluding diaryl/α,β-unsaturated/α-hetero) is 1. The van der Waals surface area contributed by atoms with Crippen LogP contribution in [0, 0.1) is 40.4 Å². The fourth-order valence-corrected chi connectivity index (χ4v) is 7.55. The van der Waals surface area contributed by atoms with Crippen LogP contribution in [0.1, 0.15) is 65.2 Å². The number of rotatable bonds is 4. The molecular weight excluding hydrogens is 340 g/mol. The summed E-state index contributed by atoms with van der Waals surface area (Å²) in [5.74, 6) is 3.09. The Balaban J connectivity index is 1.59. The van der Waals surface area contributed by atoms with Crippen molar-refractivity contribution >= 4 is 11.5 Å². The molecule has 27 heavy (non-hydrogen) atoms. The highest BCUT2D eigenvalue weighted by molar-refractivity contribution is 5.87. The first-order valence-electron chi connectivity index (χ1n) is 11.0. The Morgan fingerprint density at radius 1 is 1.19 bits per heavy atom. The number of oxime groups is 1. The number of carbonyl (C=O) groups is 1. The predicted octanol–water partition coefficient (Wildman–Crippen LogP) is 3.15. The molecule has 7 atom stereocenters. The van der Waals surface area contributed by atoms with E-state index in [1.54, 1.807) is 0 Å². The third-order valence-electron chi connectivity index (χ3n) is 9.03. The van der Waals surface area contributed by atoms with Crippen molar-refractivity contribution in [3.05, 3.63) is 0 Å². The van der Waals surface area contributed by atoms with Gasteiger partial charge in [0.15, 0.2) is 0 Å². The first-order chi connectivity index (χ1) is 12.9. The van der Waals surface area contributed by atoms with Crippen LogP contribution in [-0.4, -0.2) is 36.4 Å². The Labute approximate surface area is 163 Å². The molecule has 5 heteroatoms. The summed E-state index contributed by atoms with van der Waals surface area (Å²) >= 11 is 0. The molecule has 0 saturated heterocycles. The minimum atomic E-state index is -0.0955. The monoisotopic (exact) mass is 376 g/mol. The maximum absolute atomic E-state index is 12.6. The molecule has 0 aromatic carbocycles. The number of hydrogen-bond acceptors (Lipinski definition) is 5. The molecule has 5 nitrogen and oxygen atoms in total. The molecule has 152 valence electrons. The van der Waals surface area contributed by atoms with Crippen LogP contribution in [0.3, 0.4) is 0 Å². The summed E-state index contributed by atoms with van der Waals surface area (Å²) in [6, 6.07) is 0. The molecule has 0 aliphatic heterocycles. The van der Waals surface area contributed by atoms with E-state index >= 15 is 0 Å². The lowest BCUT2D eigenvalue weighted by molar-refractivity contribution is -0.145. The molecule has 4 aliphatic carbocycles. The first-order valence-corrected chi connectivity index (χ1v) is 11.0. The maximum Gasteiger partial charge on any atom is 0.139 e. The highest BCUT2D eigenvalue weighted by atomic mass is 16.6. The van der Waals surface area contributed by atoms with Gasteiger partial charge in [-0.3, -0.25) is 4.79 Å². The second-order valence-electron chi connectivity index (χ2n) is 10.1. The quantitative estimate of drug-likeness (QED) is 0.583. The van der Waals surface area contributed by atoms with Crippen molar-refractivity contribution < 1.29 is 14.7 Å². The summed E-state index contributed by atoms with van der Waals surface area (Å²) in [6.45, 7) is 5.89. The Morgan fingerprint density at radius 3 is 2.74 bits per heavy atom. The number of ketones is 1. The average Bonchev–Trinajstić information content (AvgIpc) is 2.96. The number of carbonyl (C=O) groups excluding carboxylic acids is 1. The topological polar surface area (TPSA) is 84.9 Å². The smallest absolute Gasteiger partial charge is 0.139 e. The summed E-state index contributed by atoms with van der Waals surface area (Å²) < 4.78 is 0. The van der Waals surface area contributed by atoms with Crippen molar-refractivity contribution in [2.24, 2.45) is 51.3 Å². The summed E-state index contributed by atoms with van der Waals surface area (Å²) in [4.78, 5) is 18.0. The minimum Gasteiger partial charge on any atom is -0.396 e.